The molecule has 2 heterocycles. The Hall–Kier alpha value is -3.23. The molecule has 0 radical (unpaired) electrons. The highest BCUT2D eigenvalue weighted by molar-refractivity contribution is 8.00. The molecule has 0 spiro atoms. The zero-order valence-corrected chi connectivity index (χ0v) is 19.2. The number of pyridine rings is 1. The topological polar surface area (TPSA) is 74.1 Å². The van der Waals surface area contributed by atoms with Crippen LogP contribution in [0.5, 0.6) is 11.5 Å². The summed E-state index contributed by atoms with van der Waals surface area (Å²) in [7, 11) is 3.24. The number of benzene rings is 2. The minimum atomic E-state index is 0.551. The third-order valence-corrected chi connectivity index (χ3v) is 5.74. The molecule has 0 amide bonds. The van der Waals surface area contributed by atoms with E-state index in [1.54, 1.807) is 32.4 Å². The highest BCUT2D eigenvalue weighted by Gasteiger charge is 2.22. The molecule has 0 saturated heterocycles. The summed E-state index contributed by atoms with van der Waals surface area (Å²) in [4.78, 5) is 4.45. The first kappa shape index (κ1) is 22.0. The normalized spacial score (nSPS) is 10.7. The lowest BCUT2D eigenvalue weighted by Crippen LogP contribution is -2.07. The lowest BCUT2D eigenvalue weighted by molar-refractivity contribution is 0.391. The van der Waals surface area contributed by atoms with E-state index in [2.05, 4.69) is 19.9 Å². The number of methoxy groups -OCH3 is 2. The molecule has 0 aliphatic carbocycles. The van der Waals surface area contributed by atoms with Crippen LogP contribution in [0, 0.1) is 0 Å². The number of aromatic nitrogens is 4. The van der Waals surface area contributed by atoms with E-state index in [4.69, 9.17) is 21.1 Å². The second-order valence-electron chi connectivity index (χ2n) is 6.74. The van der Waals surface area contributed by atoms with Gasteiger partial charge < -0.3 is 9.47 Å². The van der Waals surface area contributed by atoms with Crippen molar-refractivity contribution in [3.8, 4) is 28.7 Å². The zero-order valence-electron chi connectivity index (χ0n) is 17.7. The molecule has 4 aromatic rings. The average Bonchev–Trinajstić information content (AvgIpc) is 3.26. The number of nitrogens with zero attached hydrogens (tertiary/aromatic N) is 4. The molecule has 2 aromatic heterocycles. The van der Waals surface area contributed by atoms with Crippen molar-refractivity contribution in [3.63, 3.8) is 0 Å². The van der Waals surface area contributed by atoms with Gasteiger partial charge in [0.1, 0.15) is 22.9 Å². The van der Waals surface area contributed by atoms with Crippen molar-refractivity contribution in [1.29, 1.82) is 0 Å². The third-order valence-electron chi connectivity index (χ3n) is 4.75. The van der Waals surface area contributed by atoms with Crippen LogP contribution >= 0.6 is 23.5 Å². The van der Waals surface area contributed by atoms with Crippen LogP contribution in [-0.2, 0) is 6.42 Å². The highest BCUT2D eigenvalue weighted by atomic mass is 35.5. The predicted octanol–water partition coefficient (Wildman–Crippen LogP) is 5.30. The molecule has 0 saturated carbocycles. The van der Waals surface area contributed by atoms with E-state index in [0.29, 0.717) is 34.7 Å². The van der Waals surface area contributed by atoms with Crippen molar-refractivity contribution >= 4 is 29.5 Å². The van der Waals surface area contributed by atoms with Crippen molar-refractivity contribution in [1.82, 2.24) is 19.7 Å². The molecule has 32 heavy (non-hydrogen) atoms. The maximum absolute atomic E-state index is 5.97. The summed E-state index contributed by atoms with van der Waals surface area (Å²) in [5.41, 5.74) is 2.60. The van der Waals surface area contributed by atoms with Crippen molar-refractivity contribution in [2.45, 2.75) is 6.42 Å². The number of nitrogens with one attached hydrogen (secondary N) is 1. The van der Waals surface area contributed by atoms with E-state index < -0.39 is 0 Å². The first-order valence-electron chi connectivity index (χ1n) is 9.91. The van der Waals surface area contributed by atoms with E-state index in [9.17, 15) is 0 Å². The quantitative estimate of drug-likeness (QED) is 0.264. The summed E-state index contributed by atoms with van der Waals surface area (Å²) >= 11 is 7.51. The predicted molar refractivity (Wildman–Crippen MR) is 129 cm³/mol. The van der Waals surface area contributed by atoms with E-state index in [0.717, 1.165) is 17.2 Å². The van der Waals surface area contributed by atoms with E-state index in [1.165, 1.54) is 5.56 Å². The van der Waals surface area contributed by atoms with Gasteiger partial charge in [0.25, 0.3) is 0 Å². The molecule has 0 aliphatic heterocycles. The monoisotopic (exact) mass is 467 g/mol. The molecule has 0 aliphatic rings. The van der Waals surface area contributed by atoms with E-state index in [-0.39, 0.29) is 0 Å². The van der Waals surface area contributed by atoms with Gasteiger partial charge in [0.05, 0.1) is 14.2 Å². The van der Waals surface area contributed by atoms with Gasteiger partial charge >= 0.3 is 0 Å². The first-order chi connectivity index (χ1) is 15.7. The summed E-state index contributed by atoms with van der Waals surface area (Å²) in [5.74, 6) is 3.23. The Morgan fingerprint density at radius 1 is 0.938 bits per heavy atom. The summed E-state index contributed by atoms with van der Waals surface area (Å²) in [5, 5.41) is 9.53. The fourth-order valence-corrected chi connectivity index (χ4v) is 4.04. The van der Waals surface area contributed by atoms with Gasteiger partial charge in [-0.05, 0) is 60.3 Å². The number of hydrogen-bond acceptors (Lipinski definition) is 7. The minimum Gasteiger partial charge on any atom is -0.494 e. The van der Waals surface area contributed by atoms with Crippen LogP contribution in [0.25, 0.3) is 17.2 Å². The Kier molecular flexibility index (Phi) is 7.14. The van der Waals surface area contributed by atoms with Gasteiger partial charge in [-0.15, -0.1) is 10.2 Å². The number of anilines is 1. The molecule has 4 rings (SSSR count). The highest BCUT2D eigenvalue weighted by Crippen LogP contribution is 2.37. The molecular weight excluding hydrogens is 446 g/mol. The lowest BCUT2D eigenvalue weighted by Gasteiger charge is -2.17. The lowest BCUT2D eigenvalue weighted by atomic mass is 10.2. The van der Waals surface area contributed by atoms with Crippen LogP contribution < -0.4 is 14.2 Å². The Labute approximate surface area is 195 Å². The standard InChI is InChI=1S/C23H22ClN5O2S/c1-30-19-7-5-8-20(31-2)21(19)29-22(18-6-3-4-14-25-18)26-27-23(29)28-32-15-13-16-9-11-17(24)12-10-16/h3-12,14H,13,15H2,1-2H3,(H,27,28). The van der Waals surface area contributed by atoms with Crippen LogP contribution in [0.15, 0.2) is 66.9 Å². The number of para-hydroxylation sites is 1. The molecule has 0 unspecified atom stereocenters. The van der Waals surface area contributed by atoms with Gasteiger partial charge in [-0.1, -0.05) is 35.9 Å². The Balaban J connectivity index is 1.65. The van der Waals surface area contributed by atoms with Crippen molar-refractivity contribution in [3.05, 3.63) is 77.4 Å². The van der Waals surface area contributed by atoms with Gasteiger partial charge in [-0.2, -0.15) is 0 Å². The Bertz CT molecular complexity index is 1150. The summed E-state index contributed by atoms with van der Waals surface area (Å²) in [6.07, 6.45) is 2.61. The number of hydrogen-bond donors (Lipinski definition) is 1. The van der Waals surface area contributed by atoms with Crippen LogP contribution in [0.2, 0.25) is 5.02 Å². The summed E-state index contributed by atoms with van der Waals surface area (Å²) in [6, 6.07) is 19.1. The van der Waals surface area contributed by atoms with Crippen LogP contribution in [0.4, 0.5) is 5.95 Å². The van der Waals surface area contributed by atoms with Crippen LogP contribution in [-0.4, -0.2) is 39.7 Å². The molecule has 7 nitrogen and oxygen atoms in total. The maximum Gasteiger partial charge on any atom is 0.239 e. The molecular formula is C23H22ClN5O2S. The van der Waals surface area contributed by atoms with Gasteiger partial charge in [-0.25, -0.2) is 0 Å². The Morgan fingerprint density at radius 3 is 2.34 bits per heavy atom. The number of halogens is 1. The molecule has 2 aromatic carbocycles. The van der Waals surface area contributed by atoms with Crippen molar-refractivity contribution < 1.29 is 9.47 Å². The molecule has 164 valence electrons. The molecule has 0 fully saturated rings. The molecule has 0 atom stereocenters. The van der Waals surface area contributed by atoms with Gasteiger partial charge in [0, 0.05) is 17.0 Å². The second-order valence-corrected chi connectivity index (χ2v) is 8.07. The van der Waals surface area contributed by atoms with Crippen molar-refractivity contribution in [2.24, 2.45) is 0 Å². The fourth-order valence-electron chi connectivity index (χ4n) is 3.21. The smallest absolute Gasteiger partial charge is 0.239 e. The molecule has 0 bridgehead atoms. The van der Waals surface area contributed by atoms with Crippen LogP contribution in [0.1, 0.15) is 5.56 Å². The van der Waals surface area contributed by atoms with E-state index >= 15 is 0 Å². The maximum atomic E-state index is 5.97. The average molecular weight is 468 g/mol. The van der Waals surface area contributed by atoms with E-state index in [1.807, 2.05) is 65.2 Å². The summed E-state index contributed by atoms with van der Waals surface area (Å²) < 4.78 is 16.5. The number of rotatable bonds is 9. The first-order valence-corrected chi connectivity index (χ1v) is 11.3. The second kappa shape index (κ2) is 10.4. The number of ether oxygens (including phenoxy) is 2. The minimum absolute atomic E-state index is 0.551. The van der Waals surface area contributed by atoms with Crippen LogP contribution in [0.3, 0.4) is 0 Å². The van der Waals surface area contributed by atoms with Gasteiger partial charge in [0.2, 0.25) is 5.95 Å². The Morgan fingerprint density at radius 2 is 1.69 bits per heavy atom. The van der Waals surface area contributed by atoms with Gasteiger partial charge in [0.15, 0.2) is 5.82 Å². The largest absolute Gasteiger partial charge is 0.494 e. The molecule has 9 heteroatoms. The summed E-state index contributed by atoms with van der Waals surface area (Å²) in [6.45, 7) is 0. The zero-order chi connectivity index (χ0) is 22.3. The third kappa shape index (κ3) is 4.81. The van der Waals surface area contributed by atoms with Gasteiger partial charge in [-0.3, -0.25) is 14.3 Å². The van der Waals surface area contributed by atoms with Crippen molar-refractivity contribution in [2.75, 3.05) is 24.7 Å². The fraction of sp³-hybridized carbons (Fsp3) is 0.174. The molecule has 1 N–H and O–H groups in total. The SMILES string of the molecule is COc1cccc(OC)c1-n1c(NSCCc2ccc(Cl)cc2)nnc1-c1ccccn1. The number of aryl methyl sites for hydroxylation is 1.